The van der Waals surface area contributed by atoms with Crippen LogP contribution in [-0.2, 0) is 39.2 Å². The Morgan fingerprint density at radius 1 is 0.567 bits per heavy atom. The van der Waals surface area contributed by atoms with Gasteiger partial charge < -0.3 is 38.8 Å². The maximum Gasteiger partial charge on any atom is 0.246 e. The number of aryl methyl sites for hydroxylation is 1. The topological polar surface area (TPSA) is 168 Å². The van der Waals surface area contributed by atoms with Gasteiger partial charge in [-0.2, -0.15) is 5.10 Å². The Balaban J connectivity index is 0.903. The first-order chi connectivity index (χ1) is 47.5. The number of carbonyl (C=O) groups is 2. The third-order valence-electron chi connectivity index (χ3n) is 18.1. The summed E-state index contributed by atoms with van der Waals surface area (Å²) in [6, 6.07) is 25.7. The molecule has 0 radical (unpaired) electrons. The van der Waals surface area contributed by atoms with E-state index in [1.165, 1.54) is 71.2 Å². The molecule has 2 atom stereocenters. The molecule has 2 unspecified atom stereocenters. The second-order valence-corrected chi connectivity index (χ2v) is 25.9. The van der Waals surface area contributed by atoms with Gasteiger partial charge in [-0.1, -0.05) is 37.5 Å². The zero-order valence-corrected chi connectivity index (χ0v) is 54.5. The van der Waals surface area contributed by atoms with E-state index in [2.05, 4.69) is 29.6 Å². The quantitative estimate of drug-likeness (QED) is 0.128. The number of ether oxygens (including phenoxy) is 5. The zero-order chi connectivity index (χ0) is 66.3. The minimum atomic E-state index is -0.543. The van der Waals surface area contributed by atoms with Crippen molar-refractivity contribution in [2.75, 3.05) is 71.2 Å². The van der Waals surface area contributed by atoms with Gasteiger partial charge in [0.05, 0.1) is 78.9 Å². The van der Waals surface area contributed by atoms with Gasteiger partial charge in [-0.25, -0.2) is 23.1 Å². The van der Waals surface area contributed by atoms with Gasteiger partial charge in [0, 0.05) is 158 Å². The van der Waals surface area contributed by atoms with Gasteiger partial charge in [-0.15, -0.1) is 22.7 Å². The molecule has 97 heavy (non-hydrogen) atoms. The Kier molecular flexibility index (Phi) is 17.5. The molecule has 488 valence electrons. The van der Waals surface area contributed by atoms with E-state index >= 15 is 13.2 Å². The van der Waals surface area contributed by atoms with Gasteiger partial charge in [-0.3, -0.25) is 24.2 Å². The number of hydrogen-bond donors (Lipinski definition) is 1. The Labute approximate surface area is 564 Å². The summed E-state index contributed by atoms with van der Waals surface area (Å²) < 4.78 is 81.2. The molecule has 7 aromatic heterocycles. The van der Waals surface area contributed by atoms with E-state index in [1.807, 2.05) is 83.3 Å². The molecule has 0 saturated carbocycles. The smallest absolute Gasteiger partial charge is 0.246 e. The highest BCUT2D eigenvalue weighted by Gasteiger charge is 2.41. The Bertz CT molecular complexity index is 5020. The van der Waals surface area contributed by atoms with Gasteiger partial charge in [0.15, 0.2) is 0 Å². The number of benzene rings is 4. The molecule has 4 aliphatic rings. The average molecular weight is 1340 g/mol. The first-order valence-corrected chi connectivity index (χ1v) is 33.8. The van der Waals surface area contributed by atoms with Crippen LogP contribution in [-0.4, -0.2) is 117 Å². The molecule has 11 heterocycles. The molecular weight excluding hydrogens is 1270 g/mol. The fourth-order valence-electron chi connectivity index (χ4n) is 13.6. The molecule has 4 aromatic carbocycles. The van der Waals surface area contributed by atoms with E-state index in [1.54, 1.807) is 40.4 Å². The summed E-state index contributed by atoms with van der Waals surface area (Å²) in [6.07, 6.45) is 17.1. The van der Waals surface area contributed by atoms with E-state index < -0.39 is 29.3 Å². The van der Waals surface area contributed by atoms with E-state index in [9.17, 15) is 9.59 Å². The van der Waals surface area contributed by atoms with Crippen molar-refractivity contribution >= 4 is 71.3 Å². The predicted molar refractivity (Wildman–Crippen MR) is 372 cm³/mol. The molecule has 2 amide bonds. The number of anilines is 1. The highest BCUT2D eigenvalue weighted by molar-refractivity contribution is 7.18. The maximum atomic E-state index is 15.6. The number of halogens is 3. The second-order valence-electron chi connectivity index (χ2n) is 24.1. The summed E-state index contributed by atoms with van der Waals surface area (Å²) in [7, 11) is 1.89. The van der Waals surface area contributed by atoms with Crippen LogP contribution < -0.4 is 19.5 Å². The number of hydrogen-bond acceptors (Lipinski definition) is 15. The van der Waals surface area contributed by atoms with E-state index in [0.717, 1.165) is 42.2 Å². The highest BCUT2D eigenvalue weighted by atomic mass is 32.1. The van der Waals surface area contributed by atoms with Crippen molar-refractivity contribution in [3.8, 4) is 84.5 Å². The Morgan fingerprint density at radius 3 is 1.65 bits per heavy atom. The molecule has 0 aliphatic carbocycles. The lowest BCUT2D eigenvalue weighted by molar-refractivity contribution is -0.129. The van der Waals surface area contributed by atoms with E-state index in [4.69, 9.17) is 43.6 Å². The third-order valence-corrected chi connectivity index (χ3v) is 20.0. The Morgan fingerprint density at radius 2 is 1.08 bits per heavy atom. The van der Waals surface area contributed by atoms with Crippen LogP contribution in [0.2, 0.25) is 0 Å². The van der Waals surface area contributed by atoms with Gasteiger partial charge in [0.25, 0.3) is 0 Å². The van der Waals surface area contributed by atoms with Crippen molar-refractivity contribution in [1.82, 2.24) is 39.5 Å². The van der Waals surface area contributed by atoms with Crippen LogP contribution >= 0.6 is 22.7 Å². The summed E-state index contributed by atoms with van der Waals surface area (Å²) >= 11 is 3.01. The van der Waals surface area contributed by atoms with Crippen LogP contribution in [0.1, 0.15) is 47.2 Å². The highest BCUT2D eigenvalue weighted by Crippen LogP contribution is 2.52. The number of thiophene rings is 2. The van der Waals surface area contributed by atoms with Crippen molar-refractivity contribution in [2.45, 2.75) is 37.8 Å². The van der Waals surface area contributed by atoms with Gasteiger partial charge >= 0.3 is 0 Å². The van der Waals surface area contributed by atoms with Crippen LogP contribution in [0, 0.1) is 17.5 Å². The van der Waals surface area contributed by atoms with E-state index in [-0.39, 0.29) is 70.2 Å². The molecule has 15 rings (SSSR count). The lowest BCUT2D eigenvalue weighted by atomic mass is 9.78. The molecule has 4 aliphatic heterocycles. The summed E-state index contributed by atoms with van der Waals surface area (Å²) in [5, 5.41) is 14.5. The van der Waals surface area contributed by atoms with E-state index in [0.29, 0.717) is 135 Å². The number of nitrogens with zero attached hydrogens (tertiary/aromatic N) is 8. The van der Waals surface area contributed by atoms with Crippen molar-refractivity contribution in [2.24, 2.45) is 7.05 Å². The SMILES string of the molecule is C=CC(=O)N1Cc2cc(-c3nc4c5ccsc5c3-c3ccc(F)cc3OCCOC/C=C/CCNc3cc(F)ccc3-4)cnc2C(C2CN(C(=O)C=C)Cc3cc(-c4nc5c6ccsc6c4-c4ccc(F)cc4OCCOC/C=C/CCOc4cc6c(cnn6C)cc4-5)cnc32)C1. The van der Waals surface area contributed by atoms with Crippen molar-refractivity contribution in [3.05, 3.63) is 210 Å². The third kappa shape index (κ3) is 12.2. The number of pyridine rings is 4. The lowest BCUT2D eigenvalue weighted by Crippen LogP contribution is -2.45. The normalized spacial score (nSPS) is 17.4. The minimum Gasteiger partial charge on any atom is -0.492 e. The molecule has 0 spiro atoms. The fraction of sp³-hybridized carbons (Fsp3) is 0.224. The monoisotopic (exact) mass is 1340 g/mol. The number of amides is 2. The predicted octanol–water partition coefficient (Wildman–Crippen LogP) is 15.4. The summed E-state index contributed by atoms with van der Waals surface area (Å²) in [5.41, 5.74) is 11.6. The van der Waals surface area contributed by atoms with Crippen LogP contribution in [0.3, 0.4) is 0 Å². The first kappa shape index (κ1) is 62.8. The van der Waals surface area contributed by atoms with Crippen molar-refractivity contribution in [1.29, 1.82) is 0 Å². The van der Waals surface area contributed by atoms with Crippen LogP contribution in [0.15, 0.2) is 170 Å². The Hall–Kier alpha value is -10.3. The van der Waals surface area contributed by atoms with Crippen LogP contribution in [0.25, 0.3) is 98.4 Å². The molecule has 16 nitrogen and oxygen atoms in total. The van der Waals surface area contributed by atoms with Crippen LogP contribution in [0.5, 0.6) is 17.2 Å². The fourth-order valence-corrected chi connectivity index (χ4v) is 15.6. The van der Waals surface area contributed by atoms with Gasteiger partial charge in [0.1, 0.15) is 47.9 Å². The average Bonchev–Trinajstić information content (AvgIpc) is 1.73. The summed E-state index contributed by atoms with van der Waals surface area (Å²) in [5.74, 6) is -1.90. The molecule has 11 aromatic rings. The number of rotatable bonds is 5. The molecule has 0 saturated heterocycles. The standard InChI is InChI=1S/C76H64F3N9O7S2/c1-4-65(89)87-40-47-30-45(71-67-53-16-13-50(78)34-62(53)94-26-24-91-21-9-6-8-20-80-60-33-49(77)12-15-52(60)73(84-71)55-18-28-96-75(55)67)37-81-69(47)58(42-87)59-43-88(66(90)5-2)41-48-31-46(38-82-70(48)59)72-68-54-17-14-51(79)35-63(54)95-27-25-92-22-10-7-11-23-93-64-36-61-44(39-83-86(61)3)32-57(64)74(85-72)56-19-29-97-76(56)68/h4-7,9-10,12-19,28-39,58-59,80H,1-2,8,11,20-27,40-43H2,3H3/b9-6+,10-7+. The van der Waals surface area contributed by atoms with Gasteiger partial charge in [0.2, 0.25) is 11.8 Å². The second kappa shape index (κ2) is 27.1. The first-order valence-electron chi connectivity index (χ1n) is 32.1. The minimum absolute atomic E-state index is 0.135. The molecular formula is C76H64F3N9O7S2. The van der Waals surface area contributed by atoms with Crippen LogP contribution in [0.4, 0.5) is 18.9 Å². The lowest BCUT2D eigenvalue weighted by Gasteiger charge is -2.42. The van der Waals surface area contributed by atoms with Crippen molar-refractivity contribution < 1.29 is 46.4 Å². The molecule has 4 bridgehead atoms. The summed E-state index contributed by atoms with van der Waals surface area (Å²) in [6.45, 7) is 10.9. The number of fused-ring (bicyclic) bond motifs is 11. The largest absolute Gasteiger partial charge is 0.492 e. The van der Waals surface area contributed by atoms with Gasteiger partial charge in [-0.05, 0) is 120 Å². The summed E-state index contributed by atoms with van der Waals surface area (Å²) in [4.78, 5) is 54.1. The zero-order valence-electron chi connectivity index (χ0n) is 52.9. The number of carbonyl (C=O) groups excluding carboxylic acids is 2. The van der Waals surface area contributed by atoms with Crippen molar-refractivity contribution in [3.63, 3.8) is 0 Å². The number of nitrogens with one attached hydrogen (secondary N) is 1. The maximum absolute atomic E-state index is 15.6. The molecule has 21 heteroatoms. The molecule has 1 N–H and O–H groups in total. The molecule has 0 fully saturated rings. The number of aromatic nitrogens is 6.